The van der Waals surface area contributed by atoms with E-state index < -0.39 is 11.2 Å². The summed E-state index contributed by atoms with van der Waals surface area (Å²) in [5, 5.41) is 18.1. The maximum Gasteiger partial charge on any atom is 0.278 e. The van der Waals surface area contributed by atoms with E-state index in [1.165, 1.54) is 22.1 Å². The summed E-state index contributed by atoms with van der Waals surface area (Å²) in [4.78, 5) is 29.5. The van der Waals surface area contributed by atoms with E-state index in [-0.39, 0.29) is 17.8 Å². The lowest BCUT2D eigenvalue weighted by molar-refractivity contribution is 0.0593. The first kappa shape index (κ1) is 21.3. The first-order valence-corrected chi connectivity index (χ1v) is 12.9. The molecule has 0 aliphatic carbocycles. The van der Waals surface area contributed by atoms with Crippen LogP contribution in [0.15, 0.2) is 58.2 Å². The van der Waals surface area contributed by atoms with Crippen LogP contribution >= 0.6 is 11.8 Å². The van der Waals surface area contributed by atoms with Crippen LogP contribution in [0.1, 0.15) is 44.1 Å². The average Bonchev–Trinajstić information content (AvgIpc) is 3.13. The van der Waals surface area contributed by atoms with Crippen LogP contribution in [0.3, 0.4) is 0 Å². The van der Waals surface area contributed by atoms with Gasteiger partial charge in [-0.2, -0.15) is 5.10 Å². The number of fused-ring (bicyclic) bond motifs is 5. The molecule has 5 heterocycles. The number of pyridine rings is 1. The van der Waals surface area contributed by atoms with E-state index in [0.717, 1.165) is 40.3 Å². The van der Waals surface area contributed by atoms with E-state index in [4.69, 9.17) is 0 Å². The standard InChI is InChI=1S/C27H23N5O3S/c1-14-18-10-24-30-32-21(11-22(33)26(34)25(32)27(35)31(24)12-20(18)29-28-14)17-7-4-6-16-13-36-23-8-3-2-5-15(23)9-19(16)17/h2-8,11,24,30,34H,9-10,12-13H2,1H3,(H,28,29)/t24-/m0/s1. The number of aryl methyl sites for hydroxylation is 1. The highest BCUT2D eigenvalue weighted by Gasteiger charge is 2.40. The highest BCUT2D eigenvalue weighted by molar-refractivity contribution is 7.98. The molecule has 180 valence electrons. The van der Waals surface area contributed by atoms with Crippen LogP contribution in [-0.2, 0) is 25.1 Å². The molecule has 0 unspecified atom stereocenters. The summed E-state index contributed by atoms with van der Waals surface area (Å²) in [5.74, 6) is -0.0963. The summed E-state index contributed by atoms with van der Waals surface area (Å²) in [6.07, 6.45) is 0.972. The zero-order chi connectivity index (χ0) is 24.6. The zero-order valence-corrected chi connectivity index (χ0v) is 20.4. The number of hydrogen-bond donors (Lipinski definition) is 3. The second-order valence-electron chi connectivity index (χ2n) is 9.49. The predicted octanol–water partition coefficient (Wildman–Crippen LogP) is 3.53. The molecule has 1 amide bonds. The van der Waals surface area contributed by atoms with Crippen LogP contribution in [0.5, 0.6) is 5.75 Å². The Balaban J connectivity index is 1.40. The molecule has 0 spiro atoms. The number of H-pyrrole nitrogens is 1. The summed E-state index contributed by atoms with van der Waals surface area (Å²) in [5.41, 5.74) is 10.8. The monoisotopic (exact) mass is 497 g/mol. The minimum Gasteiger partial charge on any atom is -0.502 e. The number of aromatic nitrogens is 3. The van der Waals surface area contributed by atoms with Crippen molar-refractivity contribution < 1.29 is 9.90 Å². The van der Waals surface area contributed by atoms with Gasteiger partial charge in [-0.05, 0) is 36.1 Å². The largest absolute Gasteiger partial charge is 0.502 e. The fourth-order valence-corrected chi connectivity index (χ4v) is 6.67. The third-order valence-electron chi connectivity index (χ3n) is 7.47. The van der Waals surface area contributed by atoms with Crippen molar-refractivity contribution in [3.05, 3.63) is 98.1 Å². The van der Waals surface area contributed by atoms with Crippen LogP contribution in [-0.4, -0.2) is 37.0 Å². The Labute approximate surface area is 210 Å². The van der Waals surface area contributed by atoms with Gasteiger partial charge >= 0.3 is 0 Å². The van der Waals surface area contributed by atoms with E-state index >= 15 is 0 Å². The molecule has 7 rings (SSSR count). The highest BCUT2D eigenvalue weighted by Crippen LogP contribution is 2.39. The average molecular weight is 498 g/mol. The lowest BCUT2D eigenvalue weighted by Gasteiger charge is -2.42. The first-order chi connectivity index (χ1) is 17.5. The minimum atomic E-state index is -0.569. The molecule has 2 aromatic heterocycles. The van der Waals surface area contributed by atoms with Crippen molar-refractivity contribution >= 4 is 17.7 Å². The van der Waals surface area contributed by atoms with E-state index in [2.05, 4.69) is 39.9 Å². The van der Waals surface area contributed by atoms with E-state index in [1.54, 1.807) is 9.58 Å². The van der Waals surface area contributed by atoms with Crippen molar-refractivity contribution in [3.63, 3.8) is 0 Å². The Morgan fingerprint density at radius 1 is 1.08 bits per heavy atom. The second-order valence-corrected chi connectivity index (χ2v) is 10.5. The van der Waals surface area contributed by atoms with Crippen molar-refractivity contribution in [2.45, 2.75) is 43.1 Å². The Bertz CT molecular complexity index is 1640. The molecule has 0 bridgehead atoms. The number of nitrogens with one attached hydrogen (secondary N) is 2. The zero-order valence-electron chi connectivity index (χ0n) is 19.5. The summed E-state index contributed by atoms with van der Waals surface area (Å²) in [6, 6.07) is 15.9. The van der Waals surface area contributed by atoms with E-state index in [1.807, 2.05) is 36.9 Å². The molecule has 36 heavy (non-hydrogen) atoms. The summed E-state index contributed by atoms with van der Waals surface area (Å²) in [7, 11) is 0. The number of thioether (sulfide) groups is 1. The summed E-state index contributed by atoms with van der Waals surface area (Å²) >= 11 is 1.81. The number of aromatic hydroxyl groups is 1. The Kier molecular flexibility index (Phi) is 4.59. The van der Waals surface area contributed by atoms with Gasteiger partial charge < -0.3 is 15.4 Å². The van der Waals surface area contributed by atoms with Crippen LogP contribution in [0.4, 0.5) is 0 Å². The van der Waals surface area contributed by atoms with Gasteiger partial charge in [0.2, 0.25) is 5.43 Å². The number of rotatable bonds is 1. The molecule has 0 radical (unpaired) electrons. The molecule has 0 fully saturated rings. The molecule has 8 nitrogen and oxygen atoms in total. The van der Waals surface area contributed by atoms with Crippen molar-refractivity contribution in [1.29, 1.82) is 0 Å². The van der Waals surface area contributed by atoms with Gasteiger partial charge in [0.05, 0.1) is 23.6 Å². The maximum atomic E-state index is 13.7. The van der Waals surface area contributed by atoms with Crippen molar-refractivity contribution in [2.75, 3.05) is 5.43 Å². The number of carbonyl (C=O) groups excluding carboxylic acids is 1. The predicted molar refractivity (Wildman–Crippen MR) is 137 cm³/mol. The summed E-state index contributed by atoms with van der Waals surface area (Å²) in [6.45, 7) is 2.28. The Morgan fingerprint density at radius 3 is 2.81 bits per heavy atom. The third kappa shape index (κ3) is 3.05. The molecule has 3 aliphatic heterocycles. The van der Waals surface area contributed by atoms with Crippen LogP contribution in [0.25, 0.3) is 11.3 Å². The normalized spacial score (nSPS) is 17.8. The number of hydrogen-bond acceptors (Lipinski definition) is 6. The highest BCUT2D eigenvalue weighted by atomic mass is 32.2. The van der Waals surface area contributed by atoms with Gasteiger partial charge in [-0.15, -0.1) is 11.8 Å². The quantitative estimate of drug-likeness (QED) is 0.372. The van der Waals surface area contributed by atoms with Gasteiger partial charge in [-0.25, -0.2) is 4.68 Å². The number of aromatic amines is 1. The fraction of sp³-hybridized carbons (Fsp3) is 0.222. The Morgan fingerprint density at radius 2 is 1.92 bits per heavy atom. The molecule has 4 aromatic rings. The molecule has 9 heteroatoms. The summed E-state index contributed by atoms with van der Waals surface area (Å²) < 4.78 is 1.63. The smallest absolute Gasteiger partial charge is 0.278 e. The number of carbonyl (C=O) groups is 1. The van der Waals surface area contributed by atoms with Gasteiger partial charge in [0, 0.05) is 34.3 Å². The lowest BCUT2D eigenvalue weighted by atomic mass is 9.93. The molecule has 3 N–H and O–H groups in total. The Hall–Kier alpha value is -3.98. The maximum absolute atomic E-state index is 13.7. The van der Waals surface area contributed by atoms with E-state index in [9.17, 15) is 14.7 Å². The van der Waals surface area contributed by atoms with Gasteiger partial charge in [0.15, 0.2) is 11.4 Å². The SMILES string of the molecule is Cc1n[nH]c2c1C[C@H]1Nn3c(-c4cccc5c4Cc4ccccc4SC5)cc(=O)c(O)c3C(=O)N1C2. The van der Waals surface area contributed by atoms with Crippen molar-refractivity contribution in [3.8, 4) is 17.0 Å². The van der Waals surface area contributed by atoms with Crippen LogP contribution < -0.4 is 10.9 Å². The minimum absolute atomic E-state index is 0.0329. The molecule has 0 saturated carbocycles. The van der Waals surface area contributed by atoms with Gasteiger partial charge in [0.25, 0.3) is 5.91 Å². The topological polar surface area (TPSA) is 103 Å². The van der Waals surface area contributed by atoms with Crippen LogP contribution in [0, 0.1) is 6.92 Å². The third-order valence-corrected chi connectivity index (χ3v) is 8.63. The molecular weight excluding hydrogens is 474 g/mol. The van der Waals surface area contributed by atoms with Crippen molar-refractivity contribution in [1.82, 2.24) is 19.8 Å². The fourth-order valence-electron chi connectivity index (χ4n) is 5.59. The molecule has 0 saturated heterocycles. The van der Waals surface area contributed by atoms with Gasteiger partial charge in [-0.1, -0.05) is 36.4 Å². The number of benzene rings is 2. The molecule has 1 atom stereocenters. The lowest BCUT2D eigenvalue weighted by Crippen LogP contribution is -2.56. The van der Waals surface area contributed by atoms with Crippen molar-refractivity contribution in [2.24, 2.45) is 0 Å². The van der Waals surface area contributed by atoms with Crippen LogP contribution in [0.2, 0.25) is 0 Å². The first-order valence-electron chi connectivity index (χ1n) is 11.9. The van der Waals surface area contributed by atoms with Gasteiger partial charge in [0.1, 0.15) is 6.17 Å². The molecular formula is C27H23N5O3S. The van der Waals surface area contributed by atoms with E-state index in [0.29, 0.717) is 18.7 Å². The molecule has 2 aromatic carbocycles. The molecule has 3 aliphatic rings. The number of nitrogens with zero attached hydrogens (tertiary/aromatic N) is 3. The number of amides is 1. The second kappa shape index (κ2) is 7.76. The van der Waals surface area contributed by atoms with Gasteiger partial charge in [-0.3, -0.25) is 14.7 Å².